The number of halogens is 4. The van der Waals surface area contributed by atoms with Crippen LogP contribution in [-0.2, 0) is 17.6 Å². The second kappa shape index (κ2) is 8.13. The van der Waals surface area contributed by atoms with Gasteiger partial charge in [-0.1, -0.05) is 46.6 Å². The fourth-order valence-corrected chi connectivity index (χ4v) is 4.58. The Kier molecular flexibility index (Phi) is 5.70. The molecule has 5 nitrogen and oxygen atoms in total. The van der Waals surface area contributed by atoms with E-state index in [0.29, 0.717) is 40.1 Å². The van der Waals surface area contributed by atoms with E-state index in [0.717, 1.165) is 5.56 Å². The van der Waals surface area contributed by atoms with Gasteiger partial charge in [0, 0.05) is 11.6 Å². The van der Waals surface area contributed by atoms with Gasteiger partial charge in [0.05, 0.1) is 17.8 Å². The van der Waals surface area contributed by atoms with Crippen molar-refractivity contribution in [3.8, 4) is 0 Å². The number of carbonyl (C=O) groups is 1. The minimum absolute atomic E-state index is 0.00384. The molecule has 9 heteroatoms. The van der Waals surface area contributed by atoms with Crippen LogP contribution in [0.2, 0.25) is 10.2 Å². The minimum Gasteiger partial charge on any atom is -0.382 e. The first-order chi connectivity index (χ1) is 14.3. The normalized spacial score (nSPS) is 17.4. The molecule has 3 aromatic rings. The van der Waals surface area contributed by atoms with Crippen molar-refractivity contribution in [2.24, 2.45) is 0 Å². The second-order valence-corrected chi connectivity index (χ2v) is 8.02. The van der Waals surface area contributed by atoms with Crippen LogP contribution in [0.25, 0.3) is 11.0 Å². The zero-order valence-corrected chi connectivity index (χ0v) is 17.4. The van der Waals surface area contributed by atoms with Crippen molar-refractivity contribution in [3.05, 3.63) is 62.8 Å². The monoisotopic (exact) mass is 454 g/mol. The van der Waals surface area contributed by atoms with Gasteiger partial charge in [0.2, 0.25) is 5.91 Å². The van der Waals surface area contributed by atoms with Gasteiger partial charge in [0.1, 0.15) is 6.10 Å². The highest BCUT2D eigenvalue weighted by molar-refractivity contribution is 6.36. The van der Waals surface area contributed by atoms with E-state index in [2.05, 4.69) is 5.16 Å². The van der Waals surface area contributed by atoms with Crippen molar-refractivity contribution in [1.82, 2.24) is 10.1 Å². The number of aromatic nitrogens is 1. The molecule has 1 aromatic heterocycles. The molecule has 1 aliphatic rings. The molecule has 2 heterocycles. The number of amides is 1. The lowest BCUT2D eigenvalue weighted by Gasteiger charge is -2.37. The Morgan fingerprint density at radius 3 is 2.83 bits per heavy atom. The molecule has 2 atom stereocenters. The maximum Gasteiger partial charge on any atom is 0.268 e. The SMILES string of the molecule is C[C@H]1c2cccc(C(O)C(F)F)c2CCN1C(=O)Cc1c(Cl)ccc2onc(Cl)c12. The third-order valence-electron chi connectivity index (χ3n) is 5.62. The summed E-state index contributed by atoms with van der Waals surface area (Å²) in [7, 11) is 0. The van der Waals surface area contributed by atoms with Gasteiger partial charge in [-0.25, -0.2) is 8.78 Å². The first-order valence-corrected chi connectivity index (χ1v) is 10.1. The molecule has 1 N–H and O–H groups in total. The number of aliphatic hydroxyl groups excluding tert-OH is 1. The van der Waals surface area contributed by atoms with Crippen molar-refractivity contribution in [2.75, 3.05) is 6.54 Å². The minimum atomic E-state index is -2.87. The number of fused-ring (bicyclic) bond motifs is 2. The smallest absolute Gasteiger partial charge is 0.268 e. The highest BCUT2D eigenvalue weighted by atomic mass is 35.5. The molecule has 30 heavy (non-hydrogen) atoms. The van der Waals surface area contributed by atoms with Crippen LogP contribution in [-0.4, -0.2) is 34.0 Å². The predicted octanol–water partition coefficient (Wildman–Crippen LogP) is 5.12. The quantitative estimate of drug-likeness (QED) is 0.593. The Bertz CT molecular complexity index is 1120. The molecular formula is C21H18Cl2F2N2O3. The van der Waals surface area contributed by atoms with Crippen LogP contribution in [0.15, 0.2) is 34.9 Å². The zero-order chi connectivity index (χ0) is 21.6. The zero-order valence-electron chi connectivity index (χ0n) is 15.9. The van der Waals surface area contributed by atoms with Gasteiger partial charge in [-0.05, 0) is 47.7 Å². The molecule has 2 aromatic carbocycles. The standard InChI is InChI=1S/C21H18Cl2F2N2O3/c1-10-11-3-2-4-13(19(29)21(24)25)12(11)7-8-27(10)17(28)9-14-15(22)5-6-16-18(14)20(23)26-30-16/h2-6,10,19,21,29H,7-9H2,1H3/t10-,19?/m0/s1. The summed E-state index contributed by atoms with van der Waals surface area (Å²) in [6.45, 7) is 2.17. The van der Waals surface area contributed by atoms with Crippen molar-refractivity contribution in [1.29, 1.82) is 0 Å². The number of rotatable bonds is 4. The van der Waals surface area contributed by atoms with Crippen LogP contribution >= 0.6 is 23.2 Å². The summed E-state index contributed by atoms with van der Waals surface area (Å²) in [6.07, 6.45) is -4.35. The van der Waals surface area contributed by atoms with Crippen LogP contribution < -0.4 is 0 Å². The van der Waals surface area contributed by atoms with Gasteiger partial charge < -0.3 is 14.5 Å². The Morgan fingerprint density at radius 2 is 2.10 bits per heavy atom. The summed E-state index contributed by atoms with van der Waals surface area (Å²) in [5.74, 6) is -0.181. The van der Waals surface area contributed by atoms with Gasteiger partial charge in [-0.2, -0.15) is 0 Å². The Balaban J connectivity index is 1.63. The van der Waals surface area contributed by atoms with Crippen LogP contribution in [0.4, 0.5) is 8.78 Å². The van der Waals surface area contributed by atoms with Crippen LogP contribution in [0, 0.1) is 0 Å². The van der Waals surface area contributed by atoms with E-state index in [1.165, 1.54) is 6.07 Å². The molecule has 0 radical (unpaired) electrons. The van der Waals surface area contributed by atoms with Crippen LogP contribution in [0.1, 0.15) is 41.3 Å². The molecule has 0 fully saturated rings. The average Bonchev–Trinajstić information content (AvgIpc) is 3.10. The number of hydrogen-bond acceptors (Lipinski definition) is 4. The summed E-state index contributed by atoms with van der Waals surface area (Å²) in [5, 5.41) is 14.6. The third-order valence-corrected chi connectivity index (χ3v) is 6.23. The van der Waals surface area contributed by atoms with Crippen molar-refractivity contribution in [3.63, 3.8) is 0 Å². The molecule has 0 spiro atoms. The Labute approximate surface area is 181 Å². The summed E-state index contributed by atoms with van der Waals surface area (Å²) in [6, 6.07) is 7.85. The number of hydrogen-bond donors (Lipinski definition) is 1. The van der Waals surface area contributed by atoms with E-state index in [4.69, 9.17) is 27.7 Å². The van der Waals surface area contributed by atoms with Gasteiger partial charge in [0.25, 0.3) is 6.43 Å². The summed E-state index contributed by atoms with van der Waals surface area (Å²) >= 11 is 12.4. The summed E-state index contributed by atoms with van der Waals surface area (Å²) in [4.78, 5) is 14.8. The van der Waals surface area contributed by atoms with Gasteiger partial charge in [-0.15, -0.1) is 0 Å². The number of benzene rings is 2. The third kappa shape index (κ3) is 3.55. The largest absolute Gasteiger partial charge is 0.382 e. The molecular weight excluding hydrogens is 437 g/mol. The van der Waals surface area contributed by atoms with Gasteiger partial charge >= 0.3 is 0 Å². The molecule has 1 aliphatic heterocycles. The Hall–Kier alpha value is -2.22. The highest BCUT2D eigenvalue weighted by Gasteiger charge is 2.32. The number of carbonyl (C=O) groups excluding carboxylic acids is 1. The molecule has 0 saturated carbocycles. The van der Waals surface area contributed by atoms with Crippen molar-refractivity contribution >= 4 is 40.1 Å². The fourth-order valence-electron chi connectivity index (χ4n) is 4.11. The molecule has 1 unspecified atom stereocenters. The average molecular weight is 455 g/mol. The summed E-state index contributed by atoms with van der Waals surface area (Å²) < 4.78 is 31.2. The molecule has 0 aliphatic carbocycles. The topological polar surface area (TPSA) is 66.6 Å². The lowest BCUT2D eigenvalue weighted by atomic mass is 9.87. The van der Waals surface area contributed by atoms with E-state index in [1.807, 2.05) is 6.92 Å². The Morgan fingerprint density at radius 1 is 1.33 bits per heavy atom. The van der Waals surface area contributed by atoms with E-state index < -0.39 is 12.5 Å². The van der Waals surface area contributed by atoms with Crippen LogP contribution in [0.5, 0.6) is 0 Å². The molecule has 4 rings (SSSR count). The number of nitrogens with zero attached hydrogens (tertiary/aromatic N) is 2. The van der Waals surface area contributed by atoms with E-state index in [9.17, 15) is 18.7 Å². The highest BCUT2D eigenvalue weighted by Crippen LogP contribution is 2.37. The first-order valence-electron chi connectivity index (χ1n) is 9.39. The van der Waals surface area contributed by atoms with E-state index >= 15 is 0 Å². The number of alkyl halides is 2. The van der Waals surface area contributed by atoms with Gasteiger partial charge in [0.15, 0.2) is 10.7 Å². The lowest BCUT2D eigenvalue weighted by Crippen LogP contribution is -2.40. The van der Waals surface area contributed by atoms with E-state index in [-0.39, 0.29) is 29.1 Å². The maximum atomic E-state index is 13.1. The summed E-state index contributed by atoms with van der Waals surface area (Å²) in [5.41, 5.74) is 2.61. The van der Waals surface area contributed by atoms with Crippen LogP contribution in [0.3, 0.4) is 0 Å². The fraction of sp³-hybridized carbons (Fsp3) is 0.333. The first kappa shape index (κ1) is 21.0. The molecule has 1 amide bonds. The predicted molar refractivity (Wildman–Crippen MR) is 109 cm³/mol. The van der Waals surface area contributed by atoms with Crippen molar-refractivity contribution in [2.45, 2.75) is 38.3 Å². The van der Waals surface area contributed by atoms with Crippen molar-refractivity contribution < 1.29 is 23.2 Å². The van der Waals surface area contributed by atoms with Gasteiger partial charge in [-0.3, -0.25) is 4.79 Å². The number of aliphatic hydroxyl groups is 1. The maximum absolute atomic E-state index is 13.1. The molecule has 0 bridgehead atoms. The molecule has 158 valence electrons. The lowest BCUT2D eigenvalue weighted by molar-refractivity contribution is -0.133. The van der Waals surface area contributed by atoms with E-state index in [1.54, 1.807) is 29.2 Å². The second-order valence-electron chi connectivity index (χ2n) is 7.26. The molecule has 0 saturated heterocycles.